The van der Waals surface area contributed by atoms with Crippen molar-refractivity contribution in [2.75, 3.05) is 6.54 Å². The number of benzene rings is 1. The molecule has 7 heteroatoms. The molecule has 0 unspecified atom stereocenters. The summed E-state index contributed by atoms with van der Waals surface area (Å²) < 4.78 is 15.3. The standard InChI is InChI=1S/C16H17FN4OS/c17-13-6-1-11(2-7-13)3-8-14(22)18-9-10-21-15(12-4-5-12)19-20-16(21)23/h1-3,6-8,12H,4-5,9-10H2,(H,18,22)(H,20,23)/b8-3+. The number of aromatic nitrogens is 3. The molecule has 1 aromatic heterocycles. The fourth-order valence-corrected chi connectivity index (χ4v) is 2.53. The summed E-state index contributed by atoms with van der Waals surface area (Å²) >= 11 is 5.21. The molecule has 0 spiro atoms. The van der Waals surface area contributed by atoms with Crippen LogP contribution in [-0.4, -0.2) is 27.2 Å². The predicted octanol–water partition coefficient (Wildman–Crippen LogP) is 2.79. The highest BCUT2D eigenvalue weighted by Gasteiger charge is 2.28. The summed E-state index contributed by atoms with van der Waals surface area (Å²) in [5, 5.41) is 9.86. The van der Waals surface area contributed by atoms with Crippen LogP contribution in [-0.2, 0) is 11.3 Å². The molecule has 5 nitrogen and oxygen atoms in total. The van der Waals surface area contributed by atoms with Crippen molar-refractivity contribution in [3.8, 4) is 0 Å². The highest BCUT2D eigenvalue weighted by atomic mass is 32.1. The first kappa shape index (κ1) is 15.6. The molecule has 2 aromatic rings. The molecule has 0 bridgehead atoms. The van der Waals surface area contributed by atoms with E-state index in [9.17, 15) is 9.18 Å². The maximum Gasteiger partial charge on any atom is 0.244 e. The van der Waals surface area contributed by atoms with Crippen LogP contribution < -0.4 is 5.32 Å². The molecule has 1 aliphatic carbocycles. The predicted molar refractivity (Wildman–Crippen MR) is 87.8 cm³/mol. The van der Waals surface area contributed by atoms with Gasteiger partial charge in [0, 0.05) is 25.1 Å². The van der Waals surface area contributed by atoms with E-state index in [1.165, 1.54) is 18.2 Å². The average Bonchev–Trinajstić information content (AvgIpc) is 3.32. The first-order chi connectivity index (χ1) is 11.1. The van der Waals surface area contributed by atoms with Gasteiger partial charge in [-0.2, -0.15) is 5.10 Å². The van der Waals surface area contributed by atoms with Gasteiger partial charge in [0.1, 0.15) is 11.6 Å². The number of amides is 1. The zero-order chi connectivity index (χ0) is 16.2. The summed E-state index contributed by atoms with van der Waals surface area (Å²) in [5.41, 5.74) is 0.773. The van der Waals surface area contributed by atoms with Gasteiger partial charge in [0.05, 0.1) is 0 Å². The lowest BCUT2D eigenvalue weighted by atomic mass is 10.2. The molecule has 1 fully saturated rings. The Bertz CT molecular complexity index is 774. The van der Waals surface area contributed by atoms with Crippen molar-refractivity contribution in [2.24, 2.45) is 0 Å². The van der Waals surface area contributed by atoms with Crippen molar-refractivity contribution in [1.29, 1.82) is 0 Å². The Hall–Kier alpha value is -2.28. The first-order valence-electron chi connectivity index (χ1n) is 7.50. The molecular weight excluding hydrogens is 315 g/mol. The van der Waals surface area contributed by atoms with Gasteiger partial charge in [0.15, 0.2) is 4.77 Å². The van der Waals surface area contributed by atoms with Crippen LogP contribution in [0.25, 0.3) is 6.08 Å². The number of H-pyrrole nitrogens is 1. The van der Waals surface area contributed by atoms with E-state index in [1.807, 2.05) is 4.57 Å². The van der Waals surface area contributed by atoms with Crippen LogP contribution in [0.1, 0.15) is 30.1 Å². The molecule has 23 heavy (non-hydrogen) atoms. The molecule has 120 valence electrons. The van der Waals surface area contributed by atoms with Crippen molar-refractivity contribution >= 4 is 24.2 Å². The number of hydrogen-bond acceptors (Lipinski definition) is 3. The van der Waals surface area contributed by atoms with Crippen LogP contribution in [0.4, 0.5) is 4.39 Å². The Labute approximate surface area is 138 Å². The Morgan fingerprint density at radius 1 is 1.43 bits per heavy atom. The zero-order valence-corrected chi connectivity index (χ0v) is 13.3. The van der Waals surface area contributed by atoms with E-state index in [-0.39, 0.29) is 11.7 Å². The lowest BCUT2D eigenvalue weighted by molar-refractivity contribution is -0.116. The molecule has 0 saturated heterocycles. The lowest BCUT2D eigenvalue weighted by Gasteiger charge is -2.06. The van der Waals surface area contributed by atoms with Crippen molar-refractivity contribution in [3.63, 3.8) is 0 Å². The SMILES string of the molecule is O=C(/C=C/c1ccc(F)cc1)NCCn1c(C2CC2)n[nH]c1=S. The van der Waals surface area contributed by atoms with Gasteiger partial charge in [-0.3, -0.25) is 9.89 Å². The Balaban J connectivity index is 1.50. The van der Waals surface area contributed by atoms with E-state index < -0.39 is 0 Å². The molecule has 1 amide bonds. The van der Waals surface area contributed by atoms with Crippen LogP contribution in [0.15, 0.2) is 30.3 Å². The van der Waals surface area contributed by atoms with Crippen molar-refractivity contribution < 1.29 is 9.18 Å². The van der Waals surface area contributed by atoms with Gasteiger partial charge in [-0.15, -0.1) is 0 Å². The normalized spacial score (nSPS) is 14.3. The second-order valence-electron chi connectivity index (χ2n) is 5.49. The van der Waals surface area contributed by atoms with Crippen molar-refractivity contribution in [1.82, 2.24) is 20.1 Å². The van der Waals surface area contributed by atoms with E-state index in [1.54, 1.807) is 18.2 Å². The molecule has 1 aliphatic rings. The van der Waals surface area contributed by atoms with Gasteiger partial charge in [0.2, 0.25) is 5.91 Å². The first-order valence-corrected chi connectivity index (χ1v) is 7.91. The number of nitrogens with one attached hydrogen (secondary N) is 2. The lowest BCUT2D eigenvalue weighted by Crippen LogP contribution is -2.26. The third-order valence-electron chi connectivity index (χ3n) is 3.66. The molecular formula is C16H17FN4OS. The van der Waals surface area contributed by atoms with E-state index in [2.05, 4.69) is 15.5 Å². The highest BCUT2D eigenvalue weighted by Crippen LogP contribution is 2.38. The summed E-state index contributed by atoms with van der Waals surface area (Å²) in [5.74, 6) is 0.982. The summed E-state index contributed by atoms with van der Waals surface area (Å²) in [7, 11) is 0. The van der Waals surface area contributed by atoms with E-state index in [0.717, 1.165) is 24.2 Å². The Kier molecular flexibility index (Phi) is 4.66. The fourth-order valence-electron chi connectivity index (χ4n) is 2.29. The second-order valence-corrected chi connectivity index (χ2v) is 5.88. The number of hydrogen-bond donors (Lipinski definition) is 2. The molecule has 0 aliphatic heterocycles. The van der Waals surface area contributed by atoms with E-state index >= 15 is 0 Å². The zero-order valence-electron chi connectivity index (χ0n) is 12.5. The van der Waals surface area contributed by atoms with Crippen molar-refractivity contribution in [3.05, 3.63) is 52.3 Å². The number of halogens is 1. The third kappa shape index (κ3) is 4.13. The maximum atomic E-state index is 12.8. The average molecular weight is 332 g/mol. The van der Waals surface area contributed by atoms with Gasteiger partial charge in [-0.05, 0) is 48.8 Å². The summed E-state index contributed by atoms with van der Waals surface area (Å²) in [6.45, 7) is 1.07. The third-order valence-corrected chi connectivity index (χ3v) is 3.97. The van der Waals surface area contributed by atoms with Crippen LogP contribution in [0.3, 0.4) is 0 Å². The maximum absolute atomic E-state index is 12.8. The molecule has 1 saturated carbocycles. The minimum Gasteiger partial charge on any atom is -0.351 e. The van der Waals surface area contributed by atoms with Gasteiger partial charge in [0.25, 0.3) is 0 Å². The molecule has 2 N–H and O–H groups in total. The van der Waals surface area contributed by atoms with Gasteiger partial charge in [-0.1, -0.05) is 12.1 Å². The minimum absolute atomic E-state index is 0.197. The highest BCUT2D eigenvalue weighted by molar-refractivity contribution is 7.71. The Morgan fingerprint density at radius 2 is 2.17 bits per heavy atom. The topological polar surface area (TPSA) is 62.7 Å². The summed E-state index contributed by atoms with van der Waals surface area (Å²) in [6.07, 6.45) is 5.37. The largest absolute Gasteiger partial charge is 0.351 e. The van der Waals surface area contributed by atoms with Gasteiger partial charge < -0.3 is 9.88 Å². The molecule has 1 heterocycles. The summed E-state index contributed by atoms with van der Waals surface area (Å²) in [6, 6.07) is 5.95. The van der Waals surface area contributed by atoms with Crippen LogP contribution >= 0.6 is 12.2 Å². The number of aromatic amines is 1. The summed E-state index contributed by atoms with van der Waals surface area (Å²) in [4.78, 5) is 11.8. The van der Waals surface area contributed by atoms with Crippen molar-refractivity contribution in [2.45, 2.75) is 25.3 Å². The van der Waals surface area contributed by atoms with E-state index in [0.29, 0.717) is 23.8 Å². The second kappa shape index (κ2) is 6.87. The molecule has 0 atom stereocenters. The number of rotatable bonds is 6. The molecule has 3 rings (SSSR count). The fraction of sp³-hybridized carbons (Fsp3) is 0.312. The van der Waals surface area contributed by atoms with Crippen LogP contribution in [0, 0.1) is 10.6 Å². The molecule has 0 radical (unpaired) electrons. The van der Waals surface area contributed by atoms with Crippen LogP contribution in [0.2, 0.25) is 0 Å². The van der Waals surface area contributed by atoms with Crippen LogP contribution in [0.5, 0.6) is 0 Å². The molecule has 1 aromatic carbocycles. The van der Waals surface area contributed by atoms with E-state index in [4.69, 9.17) is 12.2 Å². The number of carbonyl (C=O) groups is 1. The smallest absolute Gasteiger partial charge is 0.244 e. The minimum atomic E-state index is -0.296. The monoisotopic (exact) mass is 332 g/mol. The number of nitrogens with zero attached hydrogens (tertiary/aromatic N) is 2. The quantitative estimate of drug-likeness (QED) is 0.631. The van der Waals surface area contributed by atoms with Gasteiger partial charge >= 0.3 is 0 Å². The van der Waals surface area contributed by atoms with Gasteiger partial charge in [-0.25, -0.2) is 4.39 Å². The number of carbonyl (C=O) groups excluding carboxylic acids is 1. The Morgan fingerprint density at radius 3 is 2.87 bits per heavy atom.